The maximum atomic E-state index is 13.3. The van der Waals surface area contributed by atoms with Crippen molar-refractivity contribution in [2.24, 2.45) is 0 Å². The van der Waals surface area contributed by atoms with Crippen molar-refractivity contribution >= 4 is 41.2 Å². The van der Waals surface area contributed by atoms with Crippen molar-refractivity contribution in [2.45, 2.75) is 44.1 Å². The predicted octanol–water partition coefficient (Wildman–Crippen LogP) is 1.53. The second-order valence-electron chi connectivity index (χ2n) is 10.6. The fourth-order valence-corrected chi connectivity index (χ4v) is 5.12. The van der Waals surface area contributed by atoms with Crippen LogP contribution in [0.1, 0.15) is 58.4 Å². The van der Waals surface area contributed by atoms with Gasteiger partial charge in [0.1, 0.15) is 0 Å². The minimum atomic E-state index is -2.91. The summed E-state index contributed by atoms with van der Waals surface area (Å²) in [6.45, 7) is 3.10. The number of carboxylic acids is 2. The number of ketones is 1. The summed E-state index contributed by atoms with van der Waals surface area (Å²) < 4.78 is 0. The van der Waals surface area contributed by atoms with Gasteiger partial charge >= 0.3 is 17.9 Å². The molecule has 0 saturated carbocycles. The Kier molecular flexibility index (Phi) is 9.88. The molecule has 2 aliphatic rings. The number of fused-ring (bicyclic) bond motifs is 1. The average molecular weight is 596 g/mol. The molecule has 2 amide bonds. The third-order valence-electron chi connectivity index (χ3n) is 7.49. The monoisotopic (exact) mass is 595 g/mol. The molecule has 0 spiro atoms. The van der Waals surface area contributed by atoms with Crippen molar-refractivity contribution in [2.75, 3.05) is 37.8 Å². The van der Waals surface area contributed by atoms with Gasteiger partial charge in [-0.05, 0) is 43.1 Å². The molecule has 2 aromatic carbocycles. The fraction of sp³-hybridized carbons (Fsp3) is 0.400. The maximum absolute atomic E-state index is 13.3. The van der Waals surface area contributed by atoms with Crippen molar-refractivity contribution in [1.82, 2.24) is 9.80 Å². The second kappa shape index (κ2) is 13.6. The SMILES string of the molecule is O=C(O)CC(O)(CC(=O)ON1C(=O)CCc2cc(C(=O)N3CCN(CCCC(=O)c4ccccc4)CC3)ccc21)C(=O)O. The maximum Gasteiger partial charge on any atom is 0.336 e. The lowest BCUT2D eigenvalue weighted by Gasteiger charge is -2.35. The highest BCUT2D eigenvalue weighted by atomic mass is 16.7. The summed E-state index contributed by atoms with van der Waals surface area (Å²) in [6.07, 6.45) is -1.04. The highest BCUT2D eigenvalue weighted by molar-refractivity contribution is 5.99. The number of amides is 2. The van der Waals surface area contributed by atoms with E-state index < -0.39 is 42.3 Å². The van der Waals surface area contributed by atoms with E-state index in [0.717, 1.165) is 13.0 Å². The molecule has 43 heavy (non-hydrogen) atoms. The Hall–Kier alpha value is -4.62. The topological polar surface area (TPSA) is 182 Å². The minimum absolute atomic E-state index is 0.0539. The zero-order valence-electron chi connectivity index (χ0n) is 23.4. The molecule has 13 heteroatoms. The number of hydrogen-bond donors (Lipinski definition) is 3. The van der Waals surface area contributed by atoms with E-state index in [9.17, 15) is 39.0 Å². The number of carbonyl (C=O) groups is 6. The molecular formula is C30H33N3O10. The number of Topliss-reactive ketones (excluding diaryl/α,β-unsaturated/α-hetero) is 1. The first kappa shape index (κ1) is 31.3. The van der Waals surface area contributed by atoms with Crippen LogP contribution >= 0.6 is 0 Å². The number of hydroxylamine groups is 1. The molecule has 0 bridgehead atoms. The molecule has 13 nitrogen and oxygen atoms in total. The lowest BCUT2D eigenvalue weighted by molar-refractivity contribution is -0.173. The van der Waals surface area contributed by atoms with Gasteiger partial charge in [-0.3, -0.25) is 24.1 Å². The van der Waals surface area contributed by atoms with Gasteiger partial charge in [0, 0.05) is 50.1 Å². The Balaban J connectivity index is 1.32. The van der Waals surface area contributed by atoms with Crippen molar-refractivity contribution in [1.29, 1.82) is 0 Å². The lowest BCUT2D eigenvalue weighted by Crippen LogP contribution is -2.49. The number of anilines is 1. The third-order valence-corrected chi connectivity index (χ3v) is 7.49. The minimum Gasteiger partial charge on any atom is -0.481 e. The lowest BCUT2D eigenvalue weighted by atomic mass is 9.96. The molecule has 1 atom stereocenters. The summed E-state index contributed by atoms with van der Waals surface area (Å²) in [7, 11) is 0. The zero-order valence-corrected chi connectivity index (χ0v) is 23.4. The number of aryl methyl sites for hydroxylation is 1. The van der Waals surface area contributed by atoms with Gasteiger partial charge in [0.2, 0.25) is 0 Å². The van der Waals surface area contributed by atoms with Gasteiger partial charge in [0.25, 0.3) is 11.8 Å². The van der Waals surface area contributed by atoms with E-state index >= 15 is 0 Å². The number of piperazine rings is 1. The van der Waals surface area contributed by atoms with Crippen LogP contribution in [-0.4, -0.2) is 98.9 Å². The van der Waals surface area contributed by atoms with E-state index in [0.29, 0.717) is 54.4 Å². The first-order valence-electron chi connectivity index (χ1n) is 13.9. The molecule has 1 saturated heterocycles. The predicted molar refractivity (Wildman–Crippen MR) is 150 cm³/mol. The molecule has 0 radical (unpaired) electrons. The van der Waals surface area contributed by atoms with E-state index in [4.69, 9.17) is 9.94 Å². The van der Waals surface area contributed by atoms with Crippen molar-refractivity contribution in [3.63, 3.8) is 0 Å². The van der Waals surface area contributed by atoms with Crippen LogP contribution in [0, 0.1) is 0 Å². The molecule has 0 aromatic heterocycles. The van der Waals surface area contributed by atoms with E-state index in [1.807, 2.05) is 30.3 Å². The normalized spacial score (nSPS) is 16.6. The number of aliphatic hydroxyl groups is 1. The first-order valence-corrected chi connectivity index (χ1v) is 13.9. The molecule has 228 valence electrons. The molecule has 3 N–H and O–H groups in total. The number of benzene rings is 2. The van der Waals surface area contributed by atoms with Crippen LogP contribution < -0.4 is 5.06 Å². The molecular weight excluding hydrogens is 562 g/mol. The Morgan fingerprint density at radius 3 is 2.21 bits per heavy atom. The molecule has 0 aliphatic carbocycles. The number of aliphatic carboxylic acids is 2. The van der Waals surface area contributed by atoms with E-state index in [1.165, 1.54) is 12.1 Å². The Morgan fingerprint density at radius 2 is 1.56 bits per heavy atom. The quantitative estimate of drug-likeness (QED) is 0.303. The van der Waals surface area contributed by atoms with Gasteiger partial charge in [-0.1, -0.05) is 30.3 Å². The van der Waals surface area contributed by atoms with Gasteiger partial charge < -0.3 is 25.1 Å². The molecule has 4 rings (SSSR count). The third kappa shape index (κ3) is 7.81. The summed E-state index contributed by atoms with van der Waals surface area (Å²) in [6, 6.07) is 13.7. The van der Waals surface area contributed by atoms with Gasteiger partial charge in [-0.2, -0.15) is 0 Å². The van der Waals surface area contributed by atoms with Crippen LogP contribution in [0.3, 0.4) is 0 Å². The van der Waals surface area contributed by atoms with E-state index in [1.54, 1.807) is 11.0 Å². The Bertz CT molecular complexity index is 1400. The number of rotatable bonds is 12. The number of nitrogens with zero attached hydrogens (tertiary/aromatic N) is 3. The number of carboxylic acid groups (broad SMARTS) is 2. The second-order valence-corrected chi connectivity index (χ2v) is 10.6. The van der Waals surface area contributed by atoms with Crippen LogP contribution in [0.15, 0.2) is 48.5 Å². The molecule has 2 heterocycles. The van der Waals surface area contributed by atoms with Crippen molar-refractivity contribution < 1.29 is 48.9 Å². The summed E-state index contributed by atoms with van der Waals surface area (Å²) in [5.41, 5.74) is -1.07. The van der Waals surface area contributed by atoms with Crippen LogP contribution in [0.2, 0.25) is 0 Å². The Labute approximate surface area is 247 Å². The van der Waals surface area contributed by atoms with Crippen LogP contribution in [0.5, 0.6) is 0 Å². The van der Waals surface area contributed by atoms with Crippen molar-refractivity contribution in [3.05, 3.63) is 65.2 Å². The highest BCUT2D eigenvalue weighted by Gasteiger charge is 2.42. The van der Waals surface area contributed by atoms with Crippen LogP contribution in [0.4, 0.5) is 5.69 Å². The van der Waals surface area contributed by atoms with Gasteiger partial charge in [-0.15, -0.1) is 5.06 Å². The molecule has 1 fully saturated rings. The Morgan fingerprint density at radius 1 is 0.860 bits per heavy atom. The van der Waals surface area contributed by atoms with E-state index in [2.05, 4.69) is 4.90 Å². The van der Waals surface area contributed by atoms with Gasteiger partial charge in [0.05, 0.1) is 18.5 Å². The average Bonchev–Trinajstić information content (AvgIpc) is 2.98. The summed E-state index contributed by atoms with van der Waals surface area (Å²) in [4.78, 5) is 81.9. The fourth-order valence-electron chi connectivity index (χ4n) is 5.12. The van der Waals surface area contributed by atoms with Crippen LogP contribution in [-0.2, 0) is 30.4 Å². The standard InChI is InChI=1S/C30H33N3O10/c34-24(20-5-2-1-3-6-20)7-4-12-31-13-15-32(16-14-31)28(39)22-8-10-23-21(17-22)9-11-25(35)33(23)43-27(38)19-30(42,29(40)41)18-26(36)37/h1-3,5-6,8,10,17,42H,4,7,9,11-16,18-19H2,(H,36,37)(H,40,41). The smallest absolute Gasteiger partial charge is 0.336 e. The van der Waals surface area contributed by atoms with Gasteiger partial charge in [-0.25, -0.2) is 9.59 Å². The van der Waals surface area contributed by atoms with Crippen LogP contribution in [0.25, 0.3) is 0 Å². The molecule has 2 aromatic rings. The number of carbonyl (C=O) groups excluding carboxylic acids is 4. The zero-order chi connectivity index (χ0) is 31.1. The summed E-state index contributed by atoms with van der Waals surface area (Å²) in [5, 5.41) is 28.9. The summed E-state index contributed by atoms with van der Waals surface area (Å²) in [5.74, 6) is -5.54. The summed E-state index contributed by atoms with van der Waals surface area (Å²) >= 11 is 0. The molecule has 1 unspecified atom stereocenters. The van der Waals surface area contributed by atoms with Gasteiger partial charge in [0.15, 0.2) is 11.4 Å². The van der Waals surface area contributed by atoms with E-state index in [-0.39, 0.29) is 30.2 Å². The number of hydrogen-bond acceptors (Lipinski definition) is 9. The first-order chi connectivity index (χ1) is 20.5. The molecule has 2 aliphatic heterocycles. The van der Waals surface area contributed by atoms with Crippen molar-refractivity contribution in [3.8, 4) is 0 Å². The largest absolute Gasteiger partial charge is 0.481 e. The highest BCUT2D eigenvalue weighted by Crippen LogP contribution is 2.30.